The van der Waals surface area contributed by atoms with Crippen LogP contribution < -0.4 is 0 Å². The number of nitrogens with zero attached hydrogens (tertiary/aromatic N) is 3. The Labute approximate surface area is 175 Å². The summed E-state index contributed by atoms with van der Waals surface area (Å²) in [5, 5.41) is 4.69. The molecule has 8 heteroatoms. The summed E-state index contributed by atoms with van der Waals surface area (Å²) in [7, 11) is 0. The van der Waals surface area contributed by atoms with Gasteiger partial charge in [0.2, 0.25) is 0 Å². The Hall–Kier alpha value is -2.48. The van der Waals surface area contributed by atoms with Crippen LogP contribution in [0.25, 0.3) is 26.3 Å². The molecule has 0 radical (unpaired) electrons. The molecule has 4 aromatic rings. The van der Waals surface area contributed by atoms with Crippen LogP contribution in [0.2, 0.25) is 0 Å². The van der Waals surface area contributed by atoms with Gasteiger partial charge < -0.3 is 0 Å². The maximum Gasteiger partial charge on any atom is 0.435 e. The third-order valence-corrected chi connectivity index (χ3v) is 6.90. The minimum Gasteiger partial charge on any atom is -0.231 e. The molecule has 158 valence electrons. The zero-order chi connectivity index (χ0) is 21.8. The smallest absolute Gasteiger partial charge is 0.231 e. The van der Waals surface area contributed by atoms with Crippen molar-refractivity contribution in [3.8, 4) is 10.6 Å². The number of rotatable bonds is 4. The topological polar surface area (TPSA) is 30.2 Å². The van der Waals surface area contributed by atoms with Gasteiger partial charge in [-0.2, -0.15) is 18.3 Å². The van der Waals surface area contributed by atoms with Crippen LogP contribution in [0.15, 0.2) is 24.3 Å². The highest BCUT2D eigenvalue weighted by molar-refractivity contribution is 7.22. The zero-order valence-corrected chi connectivity index (χ0v) is 17.9. The summed E-state index contributed by atoms with van der Waals surface area (Å²) in [6.07, 6.45) is -3.16. The van der Waals surface area contributed by atoms with Gasteiger partial charge in [-0.15, -0.1) is 11.3 Å². The lowest BCUT2D eigenvalue weighted by molar-refractivity contribution is -0.141. The SMILES string of the molecule is CCC(CC)c1cc(C(F)(F)F)nn2c(-c3sc4ccc(F)cc4c3C)c(C)nc12. The van der Waals surface area contributed by atoms with Gasteiger partial charge in [0.05, 0.1) is 10.6 Å². The van der Waals surface area contributed by atoms with E-state index in [0.717, 1.165) is 26.6 Å². The van der Waals surface area contributed by atoms with Crippen LogP contribution in [0, 0.1) is 19.7 Å². The summed E-state index contributed by atoms with van der Waals surface area (Å²) in [4.78, 5) is 5.38. The highest BCUT2D eigenvalue weighted by atomic mass is 32.1. The van der Waals surface area contributed by atoms with Crippen molar-refractivity contribution in [3.05, 3.63) is 52.6 Å². The number of aryl methyl sites for hydroxylation is 2. The Balaban J connectivity index is 2.08. The molecule has 0 fully saturated rings. The Kier molecular flexibility index (Phi) is 5.08. The maximum absolute atomic E-state index is 13.8. The molecule has 30 heavy (non-hydrogen) atoms. The summed E-state index contributed by atoms with van der Waals surface area (Å²) in [5.41, 5.74) is 2.02. The minimum atomic E-state index is -4.57. The first-order valence-electron chi connectivity index (χ1n) is 9.82. The third kappa shape index (κ3) is 3.27. The van der Waals surface area contributed by atoms with Crippen molar-refractivity contribution < 1.29 is 17.6 Å². The second-order valence-electron chi connectivity index (χ2n) is 7.47. The molecule has 0 saturated carbocycles. The van der Waals surface area contributed by atoms with Gasteiger partial charge in [0, 0.05) is 10.3 Å². The van der Waals surface area contributed by atoms with Gasteiger partial charge >= 0.3 is 6.18 Å². The molecule has 0 atom stereocenters. The summed E-state index contributed by atoms with van der Waals surface area (Å²) in [5.74, 6) is -0.401. The van der Waals surface area contributed by atoms with E-state index in [1.165, 1.54) is 28.0 Å². The summed E-state index contributed by atoms with van der Waals surface area (Å²) in [6, 6.07) is 5.66. The normalized spacial score (nSPS) is 12.6. The molecule has 0 aliphatic rings. The molecule has 0 bridgehead atoms. The summed E-state index contributed by atoms with van der Waals surface area (Å²) < 4.78 is 56.9. The van der Waals surface area contributed by atoms with Crippen LogP contribution in [0.3, 0.4) is 0 Å². The molecule has 0 unspecified atom stereocenters. The minimum absolute atomic E-state index is 0.0520. The highest BCUT2D eigenvalue weighted by Gasteiger charge is 2.35. The second-order valence-corrected chi connectivity index (χ2v) is 8.53. The number of benzene rings is 1. The van der Waals surface area contributed by atoms with Gasteiger partial charge in [0.15, 0.2) is 11.3 Å². The molecule has 4 rings (SSSR count). The van der Waals surface area contributed by atoms with E-state index in [1.807, 2.05) is 20.8 Å². The van der Waals surface area contributed by atoms with Gasteiger partial charge in [-0.3, -0.25) is 0 Å². The van der Waals surface area contributed by atoms with Crippen molar-refractivity contribution >= 4 is 27.1 Å². The van der Waals surface area contributed by atoms with Gasteiger partial charge in [0.1, 0.15) is 11.5 Å². The molecule has 0 spiro atoms. The van der Waals surface area contributed by atoms with Crippen LogP contribution in [0.5, 0.6) is 0 Å². The van der Waals surface area contributed by atoms with E-state index >= 15 is 0 Å². The van der Waals surface area contributed by atoms with E-state index in [0.29, 0.717) is 35.4 Å². The Morgan fingerprint density at radius 3 is 2.43 bits per heavy atom. The number of hydrogen-bond donors (Lipinski definition) is 0. The van der Waals surface area contributed by atoms with Crippen molar-refractivity contribution in [2.75, 3.05) is 0 Å². The Bertz CT molecular complexity index is 1250. The van der Waals surface area contributed by atoms with E-state index in [9.17, 15) is 17.6 Å². The number of fused-ring (bicyclic) bond motifs is 2. The summed E-state index contributed by atoms with van der Waals surface area (Å²) >= 11 is 1.41. The predicted octanol–water partition coefficient (Wildman–Crippen LogP) is 7.29. The van der Waals surface area contributed by atoms with Crippen LogP contribution in [0.4, 0.5) is 17.6 Å². The standard InChI is InChI=1S/C22H21F4N3S/c1-5-13(6-2)16-10-18(22(24,25)26)28-29-19(12(4)27-21(16)29)20-11(3)15-9-14(23)7-8-17(15)30-20/h7-10,13H,5-6H2,1-4H3. The van der Waals surface area contributed by atoms with E-state index in [4.69, 9.17) is 0 Å². The molecule has 0 saturated heterocycles. The van der Waals surface area contributed by atoms with Crippen LogP contribution in [0.1, 0.15) is 55.1 Å². The predicted molar refractivity (Wildman–Crippen MR) is 112 cm³/mol. The first-order valence-corrected chi connectivity index (χ1v) is 10.6. The van der Waals surface area contributed by atoms with E-state index in [-0.39, 0.29) is 11.7 Å². The Morgan fingerprint density at radius 2 is 1.80 bits per heavy atom. The highest BCUT2D eigenvalue weighted by Crippen LogP contribution is 2.41. The molecule has 1 aromatic carbocycles. The van der Waals surface area contributed by atoms with Crippen LogP contribution in [-0.2, 0) is 6.18 Å². The number of halogens is 4. The zero-order valence-electron chi connectivity index (χ0n) is 17.1. The molecule has 0 aliphatic heterocycles. The van der Waals surface area contributed by atoms with Gasteiger partial charge in [-0.1, -0.05) is 13.8 Å². The van der Waals surface area contributed by atoms with Crippen LogP contribution >= 0.6 is 11.3 Å². The largest absolute Gasteiger partial charge is 0.435 e. The van der Waals surface area contributed by atoms with Gasteiger partial charge in [0.25, 0.3) is 0 Å². The molecule has 0 aliphatic carbocycles. The third-order valence-electron chi connectivity index (χ3n) is 5.62. The molecule has 0 amide bonds. The first-order chi connectivity index (χ1) is 14.2. The fourth-order valence-corrected chi connectivity index (χ4v) is 5.27. The number of thiophene rings is 1. The Morgan fingerprint density at radius 1 is 1.10 bits per heavy atom. The average Bonchev–Trinajstić information content (AvgIpc) is 3.18. The number of hydrogen-bond acceptors (Lipinski definition) is 3. The van der Waals surface area contributed by atoms with Crippen LogP contribution in [-0.4, -0.2) is 14.6 Å². The molecular formula is C22H21F4N3S. The fourth-order valence-electron chi connectivity index (χ4n) is 4.00. The molecule has 3 nitrogen and oxygen atoms in total. The van der Waals surface area contributed by atoms with Crippen molar-refractivity contribution in [1.29, 1.82) is 0 Å². The maximum atomic E-state index is 13.8. The van der Waals surface area contributed by atoms with Gasteiger partial charge in [-0.05, 0) is 67.8 Å². The number of imidazole rings is 1. The lowest BCUT2D eigenvalue weighted by Crippen LogP contribution is -2.14. The molecule has 3 aromatic heterocycles. The quantitative estimate of drug-likeness (QED) is 0.315. The lowest BCUT2D eigenvalue weighted by Gasteiger charge is -2.16. The number of aromatic nitrogens is 3. The lowest BCUT2D eigenvalue weighted by atomic mass is 9.94. The van der Waals surface area contributed by atoms with E-state index < -0.39 is 11.9 Å². The molecule has 3 heterocycles. The van der Waals surface area contributed by atoms with Crippen molar-refractivity contribution in [3.63, 3.8) is 0 Å². The fraction of sp³-hybridized carbons (Fsp3) is 0.364. The van der Waals surface area contributed by atoms with Crippen molar-refractivity contribution in [2.24, 2.45) is 0 Å². The van der Waals surface area contributed by atoms with E-state index in [2.05, 4.69) is 10.1 Å². The number of alkyl halides is 3. The van der Waals surface area contributed by atoms with E-state index in [1.54, 1.807) is 13.0 Å². The van der Waals surface area contributed by atoms with Crippen molar-refractivity contribution in [1.82, 2.24) is 14.6 Å². The van der Waals surface area contributed by atoms with Crippen molar-refractivity contribution in [2.45, 2.75) is 52.6 Å². The molecular weight excluding hydrogens is 414 g/mol. The second kappa shape index (κ2) is 7.34. The average molecular weight is 435 g/mol. The molecule has 0 N–H and O–H groups in total. The first kappa shape index (κ1) is 20.8. The summed E-state index contributed by atoms with van der Waals surface area (Å²) in [6.45, 7) is 7.54. The van der Waals surface area contributed by atoms with Gasteiger partial charge in [-0.25, -0.2) is 13.9 Å². The monoisotopic (exact) mass is 435 g/mol.